The fourth-order valence-electron chi connectivity index (χ4n) is 3.54. The van der Waals surface area contributed by atoms with Crippen LogP contribution in [0.15, 0.2) is 72.8 Å². The SMILES string of the molecule is CCOC(=O)c1[nH]c2ccc(-c3ccccc3)c(OCc3ccccc3)c2c1C. The lowest BCUT2D eigenvalue weighted by molar-refractivity contribution is 0.0520. The lowest BCUT2D eigenvalue weighted by Gasteiger charge is -2.14. The van der Waals surface area contributed by atoms with Crippen LogP contribution in [0, 0.1) is 6.92 Å². The second kappa shape index (κ2) is 8.23. The molecule has 3 aromatic carbocycles. The zero-order valence-electron chi connectivity index (χ0n) is 16.6. The molecule has 0 saturated carbocycles. The molecule has 4 aromatic rings. The maximum Gasteiger partial charge on any atom is 0.355 e. The van der Waals surface area contributed by atoms with Gasteiger partial charge in [-0.3, -0.25) is 0 Å². The first kappa shape index (κ1) is 18.8. The molecule has 4 rings (SSSR count). The Bertz CT molecular complexity index is 1130. The van der Waals surface area contributed by atoms with Crippen molar-refractivity contribution in [2.75, 3.05) is 6.61 Å². The van der Waals surface area contributed by atoms with Crippen LogP contribution in [0.3, 0.4) is 0 Å². The molecule has 0 aliphatic carbocycles. The van der Waals surface area contributed by atoms with Gasteiger partial charge in [-0.25, -0.2) is 4.79 Å². The molecule has 29 heavy (non-hydrogen) atoms. The molecule has 4 nitrogen and oxygen atoms in total. The molecular formula is C25H23NO3. The number of hydrogen-bond donors (Lipinski definition) is 1. The third kappa shape index (κ3) is 3.74. The van der Waals surface area contributed by atoms with Crippen LogP contribution < -0.4 is 4.74 Å². The highest BCUT2D eigenvalue weighted by Gasteiger charge is 2.21. The number of H-pyrrole nitrogens is 1. The first-order valence-corrected chi connectivity index (χ1v) is 9.73. The molecule has 1 aromatic heterocycles. The van der Waals surface area contributed by atoms with Crippen LogP contribution in [-0.4, -0.2) is 17.6 Å². The first-order chi connectivity index (χ1) is 14.2. The normalized spacial score (nSPS) is 10.8. The van der Waals surface area contributed by atoms with Crippen molar-refractivity contribution in [3.05, 3.63) is 89.6 Å². The second-order valence-electron chi connectivity index (χ2n) is 6.85. The van der Waals surface area contributed by atoms with Gasteiger partial charge in [0.15, 0.2) is 0 Å². The van der Waals surface area contributed by atoms with Gasteiger partial charge in [0.2, 0.25) is 0 Å². The van der Waals surface area contributed by atoms with E-state index in [1.165, 1.54) is 0 Å². The Morgan fingerprint density at radius 2 is 1.62 bits per heavy atom. The number of nitrogens with one attached hydrogen (secondary N) is 1. The second-order valence-corrected chi connectivity index (χ2v) is 6.85. The summed E-state index contributed by atoms with van der Waals surface area (Å²) in [5.41, 5.74) is 5.30. The average Bonchev–Trinajstić information content (AvgIpc) is 3.10. The Hall–Kier alpha value is -3.53. The molecule has 146 valence electrons. The zero-order chi connectivity index (χ0) is 20.2. The average molecular weight is 385 g/mol. The van der Waals surface area contributed by atoms with Crippen LogP contribution in [0.1, 0.15) is 28.5 Å². The van der Waals surface area contributed by atoms with Crippen molar-refractivity contribution in [1.82, 2.24) is 4.98 Å². The highest BCUT2D eigenvalue weighted by Crippen LogP contribution is 2.40. The van der Waals surface area contributed by atoms with Crippen molar-refractivity contribution in [2.24, 2.45) is 0 Å². The number of aromatic amines is 1. The van der Waals surface area contributed by atoms with E-state index >= 15 is 0 Å². The van der Waals surface area contributed by atoms with Crippen LogP contribution in [0.5, 0.6) is 5.75 Å². The van der Waals surface area contributed by atoms with Crippen molar-refractivity contribution in [3.63, 3.8) is 0 Å². The number of ether oxygens (including phenoxy) is 2. The van der Waals surface area contributed by atoms with E-state index in [4.69, 9.17) is 9.47 Å². The van der Waals surface area contributed by atoms with Crippen molar-refractivity contribution >= 4 is 16.9 Å². The number of rotatable bonds is 6. The number of aryl methyl sites for hydroxylation is 1. The first-order valence-electron chi connectivity index (χ1n) is 9.73. The minimum atomic E-state index is -0.350. The minimum Gasteiger partial charge on any atom is -0.488 e. The molecule has 0 aliphatic rings. The van der Waals surface area contributed by atoms with Crippen LogP contribution in [0.2, 0.25) is 0 Å². The summed E-state index contributed by atoms with van der Waals surface area (Å²) in [6.07, 6.45) is 0. The predicted octanol–water partition coefficient (Wildman–Crippen LogP) is 5.90. The van der Waals surface area contributed by atoms with Gasteiger partial charge in [0, 0.05) is 10.9 Å². The van der Waals surface area contributed by atoms with Crippen LogP contribution >= 0.6 is 0 Å². The summed E-state index contributed by atoms with van der Waals surface area (Å²) in [5, 5.41) is 0.908. The molecule has 0 atom stereocenters. The minimum absolute atomic E-state index is 0.334. The summed E-state index contributed by atoms with van der Waals surface area (Å²) in [4.78, 5) is 15.6. The van der Waals surface area contributed by atoms with Gasteiger partial charge in [0.1, 0.15) is 18.1 Å². The van der Waals surface area contributed by atoms with E-state index in [-0.39, 0.29) is 5.97 Å². The Morgan fingerprint density at radius 1 is 0.931 bits per heavy atom. The van der Waals surface area contributed by atoms with Crippen molar-refractivity contribution < 1.29 is 14.3 Å². The monoisotopic (exact) mass is 385 g/mol. The van der Waals surface area contributed by atoms with Gasteiger partial charge in [-0.1, -0.05) is 60.7 Å². The van der Waals surface area contributed by atoms with E-state index in [0.717, 1.165) is 38.9 Å². The van der Waals surface area contributed by atoms with Crippen LogP contribution in [-0.2, 0) is 11.3 Å². The number of carbonyl (C=O) groups is 1. The summed E-state index contributed by atoms with van der Waals surface area (Å²) in [5.74, 6) is 0.415. The van der Waals surface area contributed by atoms with Gasteiger partial charge >= 0.3 is 5.97 Å². The van der Waals surface area contributed by atoms with Gasteiger partial charge < -0.3 is 14.5 Å². The Balaban J connectivity index is 1.85. The van der Waals surface area contributed by atoms with E-state index in [2.05, 4.69) is 17.1 Å². The van der Waals surface area contributed by atoms with E-state index < -0.39 is 0 Å². The van der Waals surface area contributed by atoms with Gasteiger partial charge in [0.05, 0.1) is 12.1 Å². The molecule has 0 unspecified atom stereocenters. The maximum absolute atomic E-state index is 12.4. The smallest absolute Gasteiger partial charge is 0.355 e. The number of hydrogen-bond acceptors (Lipinski definition) is 3. The van der Waals surface area contributed by atoms with Crippen molar-refractivity contribution in [3.8, 4) is 16.9 Å². The Kier molecular flexibility index (Phi) is 5.34. The fourth-order valence-corrected chi connectivity index (χ4v) is 3.54. The topological polar surface area (TPSA) is 51.3 Å². The van der Waals surface area contributed by atoms with Gasteiger partial charge in [-0.15, -0.1) is 0 Å². The summed E-state index contributed by atoms with van der Waals surface area (Å²) in [6.45, 7) is 4.51. The number of benzene rings is 3. The van der Waals surface area contributed by atoms with Gasteiger partial charge in [0.25, 0.3) is 0 Å². The largest absolute Gasteiger partial charge is 0.488 e. The lowest BCUT2D eigenvalue weighted by atomic mass is 10.0. The number of esters is 1. The molecule has 1 N–H and O–H groups in total. The van der Waals surface area contributed by atoms with Gasteiger partial charge in [-0.05, 0) is 42.7 Å². The third-order valence-electron chi connectivity index (χ3n) is 4.96. The summed E-state index contributed by atoms with van der Waals surface area (Å²) in [6, 6.07) is 24.2. The van der Waals surface area contributed by atoms with Crippen LogP contribution in [0.25, 0.3) is 22.0 Å². The fraction of sp³-hybridized carbons (Fsp3) is 0.160. The predicted molar refractivity (Wildman–Crippen MR) is 115 cm³/mol. The highest BCUT2D eigenvalue weighted by molar-refractivity contribution is 6.03. The molecule has 1 heterocycles. The van der Waals surface area contributed by atoms with E-state index in [1.807, 2.05) is 67.6 Å². The molecule has 0 amide bonds. The molecular weight excluding hydrogens is 362 g/mol. The zero-order valence-corrected chi connectivity index (χ0v) is 16.6. The Morgan fingerprint density at radius 3 is 2.31 bits per heavy atom. The summed E-state index contributed by atoms with van der Waals surface area (Å²) in [7, 11) is 0. The van der Waals surface area contributed by atoms with Crippen molar-refractivity contribution in [2.45, 2.75) is 20.5 Å². The molecule has 0 bridgehead atoms. The molecule has 4 heteroatoms. The van der Waals surface area contributed by atoms with E-state index in [1.54, 1.807) is 6.92 Å². The van der Waals surface area contributed by atoms with Crippen LogP contribution in [0.4, 0.5) is 0 Å². The quantitative estimate of drug-likeness (QED) is 0.421. The number of fused-ring (bicyclic) bond motifs is 1. The van der Waals surface area contributed by atoms with E-state index in [9.17, 15) is 4.79 Å². The lowest BCUT2D eigenvalue weighted by Crippen LogP contribution is -2.06. The number of aromatic nitrogens is 1. The molecule has 0 spiro atoms. The molecule has 0 radical (unpaired) electrons. The Labute approximate surface area is 170 Å². The molecule has 0 aliphatic heterocycles. The highest BCUT2D eigenvalue weighted by atomic mass is 16.5. The molecule has 0 fully saturated rings. The molecule has 0 saturated heterocycles. The van der Waals surface area contributed by atoms with E-state index in [0.29, 0.717) is 18.9 Å². The number of carbonyl (C=O) groups excluding carboxylic acids is 1. The standard InChI is InChI=1S/C25H23NO3/c1-3-28-25(27)23-17(2)22-21(26-23)15-14-20(19-12-8-5-9-13-19)24(22)29-16-18-10-6-4-7-11-18/h4-15,26H,3,16H2,1-2H3. The summed E-state index contributed by atoms with van der Waals surface area (Å²) >= 11 is 0. The maximum atomic E-state index is 12.4. The third-order valence-corrected chi connectivity index (χ3v) is 4.96. The van der Waals surface area contributed by atoms with Gasteiger partial charge in [-0.2, -0.15) is 0 Å². The summed E-state index contributed by atoms with van der Waals surface area (Å²) < 4.78 is 11.6. The van der Waals surface area contributed by atoms with Crippen molar-refractivity contribution in [1.29, 1.82) is 0 Å².